The second-order valence-electron chi connectivity index (χ2n) is 8.13. The van der Waals surface area contributed by atoms with Crippen molar-refractivity contribution in [2.45, 2.75) is 84.0 Å². The Labute approximate surface area is 181 Å². The first kappa shape index (κ1) is 24.2. The molecule has 1 aromatic carbocycles. The molecule has 30 heavy (non-hydrogen) atoms. The minimum absolute atomic E-state index is 0.149. The minimum Gasteiger partial charge on any atom is -0.445 e. The fourth-order valence-electron chi connectivity index (χ4n) is 3.88. The predicted octanol–water partition coefficient (Wildman–Crippen LogP) is 4.36. The van der Waals surface area contributed by atoms with Gasteiger partial charge in [0.05, 0.1) is 6.10 Å². The molecule has 1 unspecified atom stereocenters. The Hall–Kier alpha value is -2.08. The van der Waals surface area contributed by atoms with Gasteiger partial charge in [0, 0.05) is 19.6 Å². The number of rotatable bonds is 12. The van der Waals surface area contributed by atoms with E-state index in [-0.39, 0.29) is 12.5 Å². The number of likely N-dealkylation sites (tertiary alicyclic amines) is 1. The normalized spacial score (nSPS) is 18.4. The van der Waals surface area contributed by atoms with E-state index in [2.05, 4.69) is 13.8 Å². The van der Waals surface area contributed by atoms with Crippen LogP contribution in [-0.4, -0.2) is 58.7 Å². The molecule has 0 saturated carbocycles. The number of carbonyl (C=O) groups is 2. The highest BCUT2D eigenvalue weighted by Crippen LogP contribution is 2.22. The lowest BCUT2D eigenvalue weighted by atomic mass is 10.1. The van der Waals surface area contributed by atoms with Crippen LogP contribution in [0.25, 0.3) is 0 Å². The molecule has 2 amide bonds. The van der Waals surface area contributed by atoms with Gasteiger partial charge in [0.15, 0.2) is 0 Å². The number of carbonyl (C=O) groups excluding carboxylic acids is 2. The second kappa shape index (κ2) is 13.3. The van der Waals surface area contributed by atoms with E-state index in [1.807, 2.05) is 35.2 Å². The lowest BCUT2D eigenvalue weighted by molar-refractivity contribution is -0.138. The highest BCUT2D eigenvalue weighted by atomic mass is 16.6. The third-order valence-electron chi connectivity index (χ3n) is 5.68. The van der Waals surface area contributed by atoms with Gasteiger partial charge in [0.1, 0.15) is 12.6 Å². The summed E-state index contributed by atoms with van der Waals surface area (Å²) in [6.45, 7) is 6.15. The molecule has 0 bridgehead atoms. The van der Waals surface area contributed by atoms with Crippen LogP contribution >= 0.6 is 0 Å². The summed E-state index contributed by atoms with van der Waals surface area (Å²) in [5.41, 5.74) is 0.894. The molecule has 0 aliphatic carbocycles. The molecule has 0 aromatic heterocycles. The van der Waals surface area contributed by atoms with Crippen LogP contribution in [0.5, 0.6) is 0 Å². The Morgan fingerprint density at radius 3 is 2.33 bits per heavy atom. The number of benzene rings is 1. The molecule has 1 N–H and O–H groups in total. The highest BCUT2D eigenvalue weighted by Gasteiger charge is 2.43. The Morgan fingerprint density at radius 2 is 1.67 bits per heavy atom. The molecule has 1 aliphatic rings. The third kappa shape index (κ3) is 7.31. The summed E-state index contributed by atoms with van der Waals surface area (Å²) < 4.78 is 5.44. The van der Waals surface area contributed by atoms with Gasteiger partial charge in [-0.3, -0.25) is 9.69 Å². The lowest BCUT2D eigenvalue weighted by Gasteiger charge is -2.31. The Kier molecular flexibility index (Phi) is 10.7. The SMILES string of the molecule is CCCCCCN(CCCCC)C(=O)[C@@H]1C(O)CCN1C(=O)OCc1ccccc1. The van der Waals surface area contributed by atoms with E-state index >= 15 is 0 Å². The summed E-state index contributed by atoms with van der Waals surface area (Å²) in [6.07, 6.45) is 6.45. The van der Waals surface area contributed by atoms with Gasteiger partial charge in [-0.25, -0.2) is 4.79 Å². The van der Waals surface area contributed by atoms with Crippen molar-refractivity contribution in [1.82, 2.24) is 9.80 Å². The van der Waals surface area contributed by atoms with Gasteiger partial charge in [-0.1, -0.05) is 76.3 Å². The third-order valence-corrected chi connectivity index (χ3v) is 5.68. The quantitative estimate of drug-likeness (QED) is 0.512. The smallest absolute Gasteiger partial charge is 0.410 e. The zero-order valence-corrected chi connectivity index (χ0v) is 18.6. The highest BCUT2D eigenvalue weighted by molar-refractivity contribution is 5.87. The number of unbranched alkanes of at least 4 members (excludes halogenated alkanes) is 5. The summed E-state index contributed by atoms with van der Waals surface area (Å²) >= 11 is 0. The largest absolute Gasteiger partial charge is 0.445 e. The van der Waals surface area contributed by atoms with Gasteiger partial charge < -0.3 is 14.7 Å². The first-order chi connectivity index (χ1) is 14.6. The van der Waals surface area contributed by atoms with Crippen LogP contribution in [0.1, 0.15) is 70.8 Å². The van der Waals surface area contributed by atoms with E-state index in [1.54, 1.807) is 0 Å². The topological polar surface area (TPSA) is 70.1 Å². The van der Waals surface area contributed by atoms with Gasteiger partial charge >= 0.3 is 6.09 Å². The molecule has 1 aromatic rings. The van der Waals surface area contributed by atoms with Crippen LogP contribution < -0.4 is 0 Å². The van der Waals surface area contributed by atoms with Crippen molar-refractivity contribution >= 4 is 12.0 Å². The summed E-state index contributed by atoms with van der Waals surface area (Å²) in [6, 6.07) is 8.62. The molecular formula is C24H38N2O4. The average Bonchev–Trinajstić information content (AvgIpc) is 3.15. The van der Waals surface area contributed by atoms with E-state index in [4.69, 9.17) is 4.74 Å². The number of hydrogen-bond donors (Lipinski definition) is 1. The van der Waals surface area contributed by atoms with Gasteiger partial charge in [0.2, 0.25) is 5.91 Å². The average molecular weight is 419 g/mol. The van der Waals surface area contributed by atoms with Crippen LogP contribution in [0.15, 0.2) is 30.3 Å². The summed E-state index contributed by atoms with van der Waals surface area (Å²) in [5.74, 6) is -0.149. The van der Waals surface area contributed by atoms with Crippen molar-refractivity contribution in [2.75, 3.05) is 19.6 Å². The van der Waals surface area contributed by atoms with Crippen molar-refractivity contribution in [1.29, 1.82) is 0 Å². The molecule has 0 radical (unpaired) electrons. The summed E-state index contributed by atoms with van der Waals surface area (Å²) in [7, 11) is 0. The minimum atomic E-state index is -0.846. The van der Waals surface area contributed by atoms with Crippen LogP contribution in [-0.2, 0) is 16.1 Å². The van der Waals surface area contributed by atoms with E-state index in [0.29, 0.717) is 26.1 Å². The molecule has 2 rings (SSSR count). The zero-order valence-electron chi connectivity index (χ0n) is 18.6. The van der Waals surface area contributed by atoms with E-state index in [0.717, 1.165) is 50.5 Å². The number of aliphatic hydroxyl groups excluding tert-OH is 1. The van der Waals surface area contributed by atoms with Crippen molar-refractivity contribution in [2.24, 2.45) is 0 Å². The molecule has 1 heterocycles. The molecule has 168 valence electrons. The Bertz CT molecular complexity index is 637. The summed E-state index contributed by atoms with van der Waals surface area (Å²) in [5, 5.41) is 10.5. The number of ether oxygens (including phenoxy) is 1. The number of amides is 2. The molecule has 6 nitrogen and oxygen atoms in total. The maximum absolute atomic E-state index is 13.3. The monoisotopic (exact) mass is 418 g/mol. The van der Waals surface area contributed by atoms with Crippen LogP contribution in [0.4, 0.5) is 4.79 Å². The zero-order chi connectivity index (χ0) is 21.8. The van der Waals surface area contributed by atoms with Crippen molar-refractivity contribution in [3.05, 3.63) is 35.9 Å². The Morgan fingerprint density at radius 1 is 1.03 bits per heavy atom. The molecule has 1 fully saturated rings. The van der Waals surface area contributed by atoms with Crippen LogP contribution in [0, 0.1) is 0 Å². The standard InChI is InChI=1S/C24H38N2O4/c1-3-5-7-12-17-25(16-11-6-4-2)23(28)22-21(27)15-18-26(22)24(29)30-19-20-13-9-8-10-14-20/h8-10,13-14,21-22,27H,3-7,11-12,15-19H2,1-2H3/t21?,22-/m0/s1. The maximum atomic E-state index is 13.3. The fourth-order valence-corrected chi connectivity index (χ4v) is 3.88. The van der Waals surface area contributed by atoms with Crippen molar-refractivity contribution < 1.29 is 19.4 Å². The molecule has 2 atom stereocenters. The molecule has 1 saturated heterocycles. The van der Waals surface area contributed by atoms with E-state index < -0.39 is 18.2 Å². The van der Waals surface area contributed by atoms with Gasteiger partial charge in [-0.05, 0) is 24.8 Å². The number of nitrogens with zero attached hydrogens (tertiary/aromatic N) is 2. The first-order valence-corrected chi connectivity index (χ1v) is 11.5. The molecule has 0 spiro atoms. The molecule has 6 heteroatoms. The van der Waals surface area contributed by atoms with E-state index in [9.17, 15) is 14.7 Å². The van der Waals surface area contributed by atoms with Crippen LogP contribution in [0.2, 0.25) is 0 Å². The van der Waals surface area contributed by atoms with Crippen molar-refractivity contribution in [3.8, 4) is 0 Å². The Balaban J connectivity index is 2.00. The lowest BCUT2D eigenvalue weighted by Crippen LogP contribution is -2.52. The fraction of sp³-hybridized carbons (Fsp3) is 0.667. The van der Waals surface area contributed by atoms with Crippen LogP contribution in [0.3, 0.4) is 0 Å². The predicted molar refractivity (Wildman–Crippen MR) is 118 cm³/mol. The van der Waals surface area contributed by atoms with E-state index in [1.165, 1.54) is 4.90 Å². The second-order valence-corrected chi connectivity index (χ2v) is 8.13. The molecular weight excluding hydrogens is 380 g/mol. The number of hydrogen-bond acceptors (Lipinski definition) is 4. The maximum Gasteiger partial charge on any atom is 0.410 e. The van der Waals surface area contributed by atoms with Gasteiger partial charge in [0.25, 0.3) is 0 Å². The van der Waals surface area contributed by atoms with Crippen molar-refractivity contribution in [3.63, 3.8) is 0 Å². The number of aliphatic hydroxyl groups is 1. The first-order valence-electron chi connectivity index (χ1n) is 11.5. The van der Waals surface area contributed by atoms with Gasteiger partial charge in [-0.2, -0.15) is 0 Å². The van der Waals surface area contributed by atoms with Gasteiger partial charge in [-0.15, -0.1) is 0 Å². The summed E-state index contributed by atoms with van der Waals surface area (Å²) in [4.78, 5) is 29.3. The molecule has 1 aliphatic heterocycles.